The van der Waals surface area contributed by atoms with Crippen LogP contribution in [0.3, 0.4) is 0 Å². The molecular formula is C49H46N4O7S2. The molecular weight excluding hydrogens is 821 g/mol. The molecule has 5 aromatic carbocycles. The summed E-state index contributed by atoms with van der Waals surface area (Å²) in [6.07, 6.45) is 2.21. The first kappa shape index (κ1) is 43.4. The molecule has 3 amide bonds. The summed E-state index contributed by atoms with van der Waals surface area (Å²) in [5.74, 6) is -0.831. The van der Waals surface area contributed by atoms with Crippen molar-refractivity contribution in [2.24, 2.45) is 0 Å². The molecule has 0 bridgehead atoms. The molecule has 11 nitrogen and oxygen atoms in total. The van der Waals surface area contributed by atoms with E-state index in [2.05, 4.69) is 33.0 Å². The van der Waals surface area contributed by atoms with Gasteiger partial charge in [0.15, 0.2) is 11.5 Å². The number of carbonyl (C=O) groups is 4. The van der Waals surface area contributed by atoms with Crippen molar-refractivity contribution in [3.05, 3.63) is 177 Å². The van der Waals surface area contributed by atoms with Crippen LogP contribution in [0.5, 0.6) is 11.5 Å². The number of fused-ring (bicyclic) bond motifs is 1. The molecule has 13 heteroatoms. The van der Waals surface area contributed by atoms with E-state index in [1.807, 2.05) is 54.6 Å². The van der Waals surface area contributed by atoms with Crippen LogP contribution >= 0.6 is 23.1 Å². The number of benzene rings is 5. The van der Waals surface area contributed by atoms with E-state index in [1.165, 1.54) is 42.9 Å². The number of amides is 3. The monoisotopic (exact) mass is 866 g/mol. The van der Waals surface area contributed by atoms with Crippen LogP contribution in [0.15, 0.2) is 144 Å². The normalized spacial score (nSPS) is 13.0. The number of thioether (sulfide) groups is 1. The van der Waals surface area contributed by atoms with Gasteiger partial charge in [-0.3, -0.25) is 19.3 Å². The van der Waals surface area contributed by atoms with Gasteiger partial charge >= 0.3 is 5.97 Å². The standard InChI is InChI=1S/C49H46N4O7S2/c1-4-60-49(57)43-38-25-26-53(30-32-15-8-5-9-16-32)31-42(38)62-48(43)52-47(56)44(34-17-10-6-11-18-34)61-37-22-14-21-36(29-37)50-46(55)39(51-45(54)35-19-12-7-13-20-35)27-33-23-24-40(58-2)41(28-33)59-3/h5-24,27-29,44H,4,25-26,30-31H2,1-3H3,(H,50,55)(H,51,54)(H,52,56)/b39-27+. The Bertz CT molecular complexity index is 2560. The molecule has 2 heterocycles. The Kier molecular flexibility index (Phi) is 14.5. The smallest absolute Gasteiger partial charge is 0.341 e. The number of carbonyl (C=O) groups excluding carboxylic acids is 4. The lowest BCUT2D eigenvalue weighted by Gasteiger charge is -2.27. The lowest BCUT2D eigenvalue weighted by atomic mass is 10.0. The van der Waals surface area contributed by atoms with Gasteiger partial charge in [-0.15, -0.1) is 23.1 Å². The van der Waals surface area contributed by atoms with Crippen LogP contribution in [-0.2, 0) is 33.8 Å². The summed E-state index contributed by atoms with van der Waals surface area (Å²) < 4.78 is 16.4. The summed E-state index contributed by atoms with van der Waals surface area (Å²) in [5.41, 5.74) is 4.69. The SMILES string of the molecule is CCOC(=O)c1c(NC(=O)C(Sc2cccc(NC(=O)/C(=C\c3ccc(OC)c(OC)c3)NC(=O)c3ccccc3)c2)c2ccccc2)sc2c1CCN(Cc1ccccc1)C2. The first-order valence-electron chi connectivity index (χ1n) is 20.0. The predicted octanol–water partition coefficient (Wildman–Crippen LogP) is 9.38. The summed E-state index contributed by atoms with van der Waals surface area (Å²) in [6, 6.07) is 40.6. The highest BCUT2D eigenvalue weighted by Crippen LogP contribution is 2.41. The van der Waals surface area contributed by atoms with Crippen molar-refractivity contribution in [2.45, 2.75) is 36.6 Å². The number of hydrogen-bond acceptors (Lipinski definition) is 10. The Labute approximate surface area is 369 Å². The van der Waals surface area contributed by atoms with Crippen LogP contribution in [0.25, 0.3) is 6.08 Å². The molecule has 1 atom stereocenters. The van der Waals surface area contributed by atoms with E-state index in [4.69, 9.17) is 14.2 Å². The topological polar surface area (TPSA) is 135 Å². The highest BCUT2D eigenvalue weighted by Gasteiger charge is 2.32. The second-order valence-corrected chi connectivity index (χ2v) is 16.5. The number of nitrogens with one attached hydrogen (secondary N) is 3. The molecule has 62 heavy (non-hydrogen) atoms. The average Bonchev–Trinajstić information content (AvgIpc) is 3.65. The number of esters is 1. The minimum atomic E-state index is -0.739. The zero-order chi connectivity index (χ0) is 43.4. The largest absolute Gasteiger partial charge is 0.493 e. The lowest BCUT2D eigenvalue weighted by Crippen LogP contribution is -2.30. The Morgan fingerprint density at radius 2 is 1.52 bits per heavy atom. The minimum absolute atomic E-state index is 0.00935. The summed E-state index contributed by atoms with van der Waals surface area (Å²) in [4.78, 5) is 59.3. The molecule has 7 rings (SSSR count). The number of thiophene rings is 1. The fourth-order valence-electron chi connectivity index (χ4n) is 7.05. The second kappa shape index (κ2) is 20.7. The average molecular weight is 867 g/mol. The first-order chi connectivity index (χ1) is 30.2. The van der Waals surface area contributed by atoms with Crippen LogP contribution in [0, 0.1) is 0 Å². The molecule has 316 valence electrons. The molecule has 0 aliphatic carbocycles. The van der Waals surface area contributed by atoms with Gasteiger partial charge < -0.3 is 30.2 Å². The number of anilines is 2. The summed E-state index contributed by atoms with van der Waals surface area (Å²) in [5, 5.41) is 8.55. The third-order valence-electron chi connectivity index (χ3n) is 10.0. The van der Waals surface area contributed by atoms with E-state index in [9.17, 15) is 19.2 Å². The highest BCUT2D eigenvalue weighted by molar-refractivity contribution is 8.00. The molecule has 1 unspecified atom stereocenters. The molecule has 3 N–H and O–H groups in total. The maximum absolute atomic E-state index is 14.5. The quantitative estimate of drug-likeness (QED) is 0.0494. The van der Waals surface area contributed by atoms with Crippen molar-refractivity contribution in [3.63, 3.8) is 0 Å². The van der Waals surface area contributed by atoms with Crippen molar-refractivity contribution in [1.82, 2.24) is 10.2 Å². The van der Waals surface area contributed by atoms with E-state index >= 15 is 0 Å². The van der Waals surface area contributed by atoms with Crippen molar-refractivity contribution >= 4 is 63.6 Å². The molecule has 0 saturated carbocycles. The molecule has 0 spiro atoms. The third-order valence-corrected chi connectivity index (χ3v) is 12.4. The third kappa shape index (κ3) is 10.8. The van der Waals surface area contributed by atoms with Crippen LogP contribution < -0.4 is 25.4 Å². The highest BCUT2D eigenvalue weighted by atomic mass is 32.2. The van der Waals surface area contributed by atoms with Gasteiger partial charge in [-0.2, -0.15) is 0 Å². The fraction of sp³-hybridized carbons (Fsp3) is 0.184. The Balaban J connectivity index is 1.13. The van der Waals surface area contributed by atoms with Crippen molar-refractivity contribution in [1.29, 1.82) is 0 Å². The summed E-state index contributed by atoms with van der Waals surface area (Å²) >= 11 is 2.72. The molecule has 0 saturated heterocycles. The van der Waals surface area contributed by atoms with Gasteiger partial charge in [-0.25, -0.2) is 4.79 Å². The second-order valence-electron chi connectivity index (χ2n) is 14.2. The fourth-order valence-corrected chi connectivity index (χ4v) is 9.42. The summed E-state index contributed by atoms with van der Waals surface area (Å²) in [6.45, 7) is 4.16. The van der Waals surface area contributed by atoms with E-state index < -0.39 is 23.0 Å². The van der Waals surface area contributed by atoms with Crippen molar-refractivity contribution in [2.75, 3.05) is 38.0 Å². The van der Waals surface area contributed by atoms with Gasteiger partial charge in [0.25, 0.3) is 11.8 Å². The van der Waals surface area contributed by atoms with Crippen LogP contribution in [-0.4, -0.2) is 56.0 Å². The molecule has 0 radical (unpaired) electrons. The molecule has 1 aromatic heterocycles. The van der Waals surface area contributed by atoms with Gasteiger partial charge in [-0.05, 0) is 84.1 Å². The maximum Gasteiger partial charge on any atom is 0.341 e. The zero-order valence-electron chi connectivity index (χ0n) is 34.5. The molecule has 1 aliphatic heterocycles. The lowest BCUT2D eigenvalue weighted by molar-refractivity contribution is -0.116. The number of hydrogen-bond donors (Lipinski definition) is 3. The number of ether oxygens (including phenoxy) is 3. The van der Waals surface area contributed by atoms with Crippen LogP contribution in [0.1, 0.15) is 60.0 Å². The predicted molar refractivity (Wildman–Crippen MR) is 245 cm³/mol. The van der Waals surface area contributed by atoms with E-state index in [0.717, 1.165) is 29.1 Å². The van der Waals surface area contributed by atoms with Gasteiger partial charge in [0.1, 0.15) is 15.9 Å². The Morgan fingerprint density at radius 1 is 0.806 bits per heavy atom. The van der Waals surface area contributed by atoms with E-state index in [1.54, 1.807) is 79.7 Å². The van der Waals surface area contributed by atoms with Gasteiger partial charge in [0.2, 0.25) is 5.91 Å². The molecule has 6 aromatic rings. The maximum atomic E-state index is 14.5. The van der Waals surface area contributed by atoms with Gasteiger partial charge in [0, 0.05) is 40.7 Å². The van der Waals surface area contributed by atoms with Crippen LogP contribution in [0.4, 0.5) is 10.7 Å². The van der Waals surface area contributed by atoms with Crippen molar-refractivity contribution < 1.29 is 33.4 Å². The summed E-state index contributed by atoms with van der Waals surface area (Å²) in [7, 11) is 3.05. The Morgan fingerprint density at radius 3 is 2.23 bits per heavy atom. The van der Waals surface area contributed by atoms with Crippen LogP contribution in [0.2, 0.25) is 0 Å². The van der Waals surface area contributed by atoms with Crippen molar-refractivity contribution in [3.8, 4) is 11.5 Å². The van der Waals surface area contributed by atoms with Gasteiger partial charge in [0.05, 0.1) is 26.4 Å². The first-order valence-corrected chi connectivity index (χ1v) is 21.7. The number of methoxy groups -OCH3 is 2. The Hall–Kier alpha value is -6.67. The van der Waals surface area contributed by atoms with E-state index in [0.29, 0.717) is 56.7 Å². The number of nitrogens with zero attached hydrogens (tertiary/aromatic N) is 1. The minimum Gasteiger partial charge on any atom is -0.493 e. The molecule has 0 fully saturated rings. The molecule has 1 aliphatic rings. The number of rotatable bonds is 16. The van der Waals surface area contributed by atoms with Gasteiger partial charge in [-0.1, -0.05) is 91.0 Å². The van der Waals surface area contributed by atoms with E-state index in [-0.39, 0.29) is 18.2 Å². The zero-order valence-corrected chi connectivity index (χ0v) is 36.1.